The van der Waals surface area contributed by atoms with E-state index in [1.165, 1.54) is 114 Å². The third-order valence-corrected chi connectivity index (χ3v) is 7.06. The molecular formula is C18H36N2S2. The van der Waals surface area contributed by atoms with Crippen molar-refractivity contribution in [1.82, 2.24) is 9.80 Å². The van der Waals surface area contributed by atoms with Crippen molar-refractivity contribution >= 4 is 23.5 Å². The van der Waals surface area contributed by atoms with Crippen LogP contribution in [-0.4, -0.2) is 72.1 Å². The van der Waals surface area contributed by atoms with Crippen molar-refractivity contribution in [3.05, 3.63) is 0 Å². The molecule has 0 aromatic rings. The Morgan fingerprint density at radius 3 is 1.27 bits per heavy atom. The van der Waals surface area contributed by atoms with Gasteiger partial charge < -0.3 is 9.80 Å². The summed E-state index contributed by atoms with van der Waals surface area (Å²) in [5.74, 6) is 5.52. The first-order valence-corrected chi connectivity index (χ1v) is 11.9. The van der Waals surface area contributed by atoms with E-state index in [1.807, 2.05) is 0 Å². The van der Waals surface area contributed by atoms with Crippen LogP contribution in [0.25, 0.3) is 0 Å². The number of rotatable bonds is 13. The topological polar surface area (TPSA) is 6.48 Å². The van der Waals surface area contributed by atoms with Crippen molar-refractivity contribution in [2.45, 2.75) is 51.4 Å². The Hall–Kier alpha value is 0.620. The van der Waals surface area contributed by atoms with Gasteiger partial charge in [-0.2, -0.15) is 23.5 Å². The van der Waals surface area contributed by atoms with Crippen molar-refractivity contribution in [1.29, 1.82) is 0 Å². The Morgan fingerprint density at radius 1 is 0.500 bits per heavy atom. The van der Waals surface area contributed by atoms with Crippen LogP contribution in [-0.2, 0) is 0 Å². The van der Waals surface area contributed by atoms with Gasteiger partial charge in [0.15, 0.2) is 0 Å². The summed E-state index contributed by atoms with van der Waals surface area (Å²) in [5, 5.41) is 0. The SMILES string of the molecule is C(CCSCCCN1CCCC1)CSCCCN1CCCC1. The second-order valence-corrected chi connectivity index (χ2v) is 9.19. The fourth-order valence-electron chi connectivity index (χ4n) is 3.41. The van der Waals surface area contributed by atoms with Crippen molar-refractivity contribution in [2.75, 3.05) is 62.3 Å². The molecule has 130 valence electrons. The van der Waals surface area contributed by atoms with Crippen molar-refractivity contribution in [3.63, 3.8) is 0 Å². The molecule has 0 amide bonds. The number of hydrogen-bond donors (Lipinski definition) is 0. The Labute approximate surface area is 147 Å². The van der Waals surface area contributed by atoms with E-state index in [0.717, 1.165) is 0 Å². The maximum absolute atomic E-state index is 2.64. The molecule has 0 unspecified atom stereocenters. The van der Waals surface area contributed by atoms with Crippen LogP contribution in [0.5, 0.6) is 0 Å². The summed E-state index contributed by atoms with van der Waals surface area (Å²) in [5.41, 5.74) is 0. The van der Waals surface area contributed by atoms with Gasteiger partial charge in [-0.25, -0.2) is 0 Å². The lowest BCUT2D eigenvalue weighted by atomic mass is 10.4. The first kappa shape index (κ1) is 19.0. The average Bonchev–Trinajstić information content (AvgIpc) is 3.21. The normalized spacial score (nSPS) is 20.2. The smallest absolute Gasteiger partial charge is 0.00109 e. The van der Waals surface area contributed by atoms with Gasteiger partial charge in [-0.15, -0.1) is 0 Å². The van der Waals surface area contributed by atoms with Crippen molar-refractivity contribution in [3.8, 4) is 0 Å². The van der Waals surface area contributed by atoms with Gasteiger partial charge >= 0.3 is 0 Å². The van der Waals surface area contributed by atoms with Crippen LogP contribution >= 0.6 is 23.5 Å². The van der Waals surface area contributed by atoms with Crippen molar-refractivity contribution < 1.29 is 0 Å². The fourth-order valence-corrected chi connectivity index (χ4v) is 5.30. The molecule has 2 fully saturated rings. The van der Waals surface area contributed by atoms with Gasteiger partial charge in [0, 0.05) is 0 Å². The highest BCUT2D eigenvalue weighted by Gasteiger charge is 2.10. The molecular weight excluding hydrogens is 308 g/mol. The highest BCUT2D eigenvalue weighted by atomic mass is 32.2. The summed E-state index contributed by atoms with van der Waals surface area (Å²) < 4.78 is 0. The lowest BCUT2D eigenvalue weighted by Crippen LogP contribution is -2.20. The number of nitrogens with zero attached hydrogens (tertiary/aromatic N) is 2. The summed E-state index contributed by atoms with van der Waals surface area (Å²) in [6, 6.07) is 0. The van der Waals surface area contributed by atoms with Crippen LogP contribution in [0.15, 0.2) is 0 Å². The van der Waals surface area contributed by atoms with E-state index >= 15 is 0 Å². The first-order valence-electron chi connectivity index (χ1n) is 9.55. The van der Waals surface area contributed by atoms with Gasteiger partial charge in [-0.3, -0.25) is 0 Å². The zero-order chi connectivity index (χ0) is 15.3. The predicted molar refractivity (Wildman–Crippen MR) is 104 cm³/mol. The van der Waals surface area contributed by atoms with E-state index in [1.54, 1.807) is 0 Å². The number of thioether (sulfide) groups is 2. The third kappa shape index (κ3) is 9.05. The molecule has 0 N–H and O–H groups in total. The Balaban J connectivity index is 1.23. The second-order valence-electron chi connectivity index (χ2n) is 6.74. The highest BCUT2D eigenvalue weighted by Crippen LogP contribution is 2.13. The minimum atomic E-state index is 1.35. The molecule has 0 aliphatic carbocycles. The zero-order valence-electron chi connectivity index (χ0n) is 14.4. The molecule has 0 spiro atoms. The number of likely N-dealkylation sites (tertiary alicyclic amines) is 2. The standard InChI is InChI=1S/C18H36N2S2/c1-2-10-19(9-1)13-7-17-21-15-5-6-16-22-18-8-14-20-11-3-4-12-20/h1-18H2. The summed E-state index contributed by atoms with van der Waals surface area (Å²) in [6.07, 6.45) is 11.4. The molecule has 4 heteroatoms. The zero-order valence-corrected chi connectivity index (χ0v) is 16.1. The molecule has 2 heterocycles. The molecule has 0 atom stereocenters. The minimum Gasteiger partial charge on any atom is -0.303 e. The third-order valence-electron chi connectivity index (χ3n) is 4.75. The van der Waals surface area contributed by atoms with Crippen LogP contribution in [0, 0.1) is 0 Å². The fraction of sp³-hybridized carbons (Fsp3) is 1.00. The van der Waals surface area contributed by atoms with Gasteiger partial charge in [-0.1, -0.05) is 0 Å². The van der Waals surface area contributed by atoms with Crippen LogP contribution in [0.4, 0.5) is 0 Å². The Morgan fingerprint density at radius 2 is 0.864 bits per heavy atom. The molecule has 2 aliphatic heterocycles. The summed E-state index contributed by atoms with van der Waals surface area (Å²) in [4.78, 5) is 5.28. The van der Waals surface area contributed by atoms with E-state index in [0.29, 0.717) is 0 Å². The molecule has 2 nitrogen and oxygen atoms in total. The van der Waals surface area contributed by atoms with Gasteiger partial charge in [0.25, 0.3) is 0 Å². The lowest BCUT2D eigenvalue weighted by Gasteiger charge is -2.13. The summed E-state index contributed by atoms with van der Waals surface area (Å²) >= 11 is 4.36. The quantitative estimate of drug-likeness (QED) is 0.462. The molecule has 0 aromatic carbocycles. The molecule has 22 heavy (non-hydrogen) atoms. The van der Waals surface area contributed by atoms with E-state index in [-0.39, 0.29) is 0 Å². The summed E-state index contributed by atoms with van der Waals surface area (Å²) in [6.45, 7) is 8.14. The van der Waals surface area contributed by atoms with Crippen LogP contribution in [0.2, 0.25) is 0 Å². The molecule has 0 bridgehead atoms. The second kappa shape index (κ2) is 13.0. The van der Waals surface area contributed by atoms with Crippen LogP contribution in [0.1, 0.15) is 51.4 Å². The molecule has 0 radical (unpaired) electrons. The molecule has 0 saturated carbocycles. The van der Waals surface area contributed by atoms with E-state index in [9.17, 15) is 0 Å². The van der Waals surface area contributed by atoms with E-state index in [4.69, 9.17) is 0 Å². The predicted octanol–water partition coefficient (Wildman–Crippen LogP) is 4.20. The lowest BCUT2D eigenvalue weighted by molar-refractivity contribution is 0.341. The van der Waals surface area contributed by atoms with Crippen LogP contribution < -0.4 is 0 Å². The van der Waals surface area contributed by atoms with E-state index < -0.39 is 0 Å². The first-order chi connectivity index (χ1) is 10.9. The van der Waals surface area contributed by atoms with Gasteiger partial charge in [-0.05, 0) is 114 Å². The molecule has 2 saturated heterocycles. The Kier molecular flexibility index (Phi) is 11.2. The monoisotopic (exact) mass is 344 g/mol. The Bertz CT molecular complexity index is 225. The minimum absolute atomic E-state index is 1.35. The maximum atomic E-state index is 2.64. The van der Waals surface area contributed by atoms with Gasteiger partial charge in [0.1, 0.15) is 0 Å². The van der Waals surface area contributed by atoms with Gasteiger partial charge in [0.05, 0.1) is 0 Å². The van der Waals surface area contributed by atoms with Gasteiger partial charge in [0.2, 0.25) is 0 Å². The van der Waals surface area contributed by atoms with Crippen LogP contribution in [0.3, 0.4) is 0 Å². The maximum Gasteiger partial charge on any atom is -0.00109 e. The molecule has 2 aliphatic rings. The highest BCUT2D eigenvalue weighted by molar-refractivity contribution is 7.99. The molecule has 0 aromatic heterocycles. The van der Waals surface area contributed by atoms with Crippen molar-refractivity contribution in [2.24, 2.45) is 0 Å². The van der Waals surface area contributed by atoms with E-state index in [2.05, 4.69) is 33.3 Å². The number of hydrogen-bond acceptors (Lipinski definition) is 4. The average molecular weight is 345 g/mol. The summed E-state index contributed by atoms with van der Waals surface area (Å²) in [7, 11) is 0. The largest absolute Gasteiger partial charge is 0.303 e. The number of unbranched alkanes of at least 4 members (excludes halogenated alkanes) is 1. The molecule has 2 rings (SSSR count).